The monoisotopic (exact) mass is 545 g/mol. The average Bonchev–Trinajstić information content (AvgIpc) is 2.69. The molecular weight excluding hydrogens is 520 g/mol. The van der Waals surface area contributed by atoms with Gasteiger partial charge in [0.15, 0.2) is 0 Å². The lowest BCUT2D eigenvalue weighted by Crippen LogP contribution is -2.42. The molecular formula is C21H25INO6P. The van der Waals surface area contributed by atoms with E-state index < -0.39 is 25.5 Å². The van der Waals surface area contributed by atoms with Crippen LogP contribution in [0.4, 0.5) is 0 Å². The molecule has 0 heterocycles. The van der Waals surface area contributed by atoms with Crippen LogP contribution in [0.3, 0.4) is 0 Å². The number of halogens is 1. The van der Waals surface area contributed by atoms with Crippen molar-refractivity contribution in [2.75, 3.05) is 13.2 Å². The quantitative estimate of drug-likeness (QED) is 0.319. The van der Waals surface area contributed by atoms with Crippen LogP contribution >= 0.6 is 30.2 Å². The smallest absolute Gasteiger partial charge is 0.335 e. The van der Waals surface area contributed by atoms with Crippen LogP contribution in [-0.2, 0) is 31.0 Å². The topological polar surface area (TPSA) is 102 Å². The summed E-state index contributed by atoms with van der Waals surface area (Å²) in [5.41, 5.74) is 1.83. The Morgan fingerprint density at radius 2 is 1.53 bits per heavy atom. The van der Waals surface area contributed by atoms with Gasteiger partial charge in [-0.25, -0.2) is 4.79 Å². The zero-order valence-electron chi connectivity index (χ0n) is 16.8. The van der Waals surface area contributed by atoms with Crippen LogP contribution in [0.25, 0.3) is 0 Å². The number of carboxylic acids is 1. The molecule has 7 nitrogen and oxygen atoms in total. The van der Waals surface area contributed by atoms with Gasteiger partial charge in [-0.3, -0.25) is 9.36 Å². The molecule has 0 bridgehead atoms. The Hall–Kier alpha value is -1.74. The summed E-state index contributed by atoms with van der Waals surface area (Å²) in [5, 5.41) is 12.0. The fourth-order valence-electron chi connectivity index (χ4n) is 2.80. The highest BCUT2D eigenvalue weighted by molar-refractivity contribution is 14.1. The van der Waals surface area contributed by atoms with E-state index in [4.69, 9.17) is 9.05 Å². The highest BCUT2D eigenvalue weighted by Gasteiger charge is 2.25. The summed E-state index contributed by atoms with van der Waals surface area (Å²) >= 11 is 2.17. The molecule has 0 radical (unpaired) electrons. The Balaban J connectivity index is 2.05. The van der Waals surface area contributed by atoms with E-state index in [2.05, 4.69) is 27.9 Å². The number of nitrogens with one attached hydrogen (secondary N) is 1. The highest BCUT2D eigenvalue weighted by atomic mass is 127. The highest BCUT2D eigenvalue weighted by Crippen LogP contribution is 2.51. The van der Waals surface area contributed by atoms with E-state index in [1.165, 1.54) is 0 Å². The molecule has 0 aliphatic rings. The van der Waals surface area contributed by atoms with E-state index in [1.54, 1.807) is 38.1 Å². The average molecular weight is 545 g/mol. The number of carbonyl (C=O) groups excluding carboxylic acids is 1. The van der Waals surface area contributed by atoms with Gasteiger partial charge in [0.1, 0.15) is 6.04 Å². The standard InChI is InChI=1S/C21H25INO6P/c1-3-28-30(27,29-4-2)14-16-5-9-17(10-6-16)20(24)23-19(21(25)26)13-15-7-11-18(22)12-8-15/h5-12,19H,3-4,13-14H2,1-2H3,(H,23,24)(H,25,26)/t19-/m0/s1. The van der Waals surface area contributed by atoms with Gasteiger partial charge >= 0.3 is 13.6 Å². The lowest BCUT2D eigenvalue weighted by atomic mass is 10.1. The van der Waals surface area contributed by atoms with Crippen LogP contribution in [0.2, 0.25) is 0 Å². The van der Waals surface area contributed by atoms with Crippen LogP contribution in [0.15, 0.2) is 48.5 Å². The molecule has 0 saturated heterocycles. The van der Waals surface area contributed by atoms with Crippen LogP contribution in [0, 0.1) is 3.57 Å². The lowest BCUT2D eigenvalue weighted by molar-refractivity contribution is -0.139. The molecule has 0 saturated carbocycles. The summed E-state index contributed by atoms with van der Waals surface area (Å²) in [5.74, 6) is -1.59. The molecule has 2 N–H and O–H groups in total. The maximum absolute atomic E-state index is 12.6. The van der Waals surface area contributed by atoms with Crippen LogP contribution in [0.5, 0.6) is 0 Å². The SMILES string of the molecule is CCOP(=O)(Cc1ccc(C(=O)N[C@@H](Cc2ccc(I)cc2)C(=O)O)cc1)OCC. The Kier molecular flexibility index (Phi) is 9.48. The van der Waals surface area contributed by atoms with Crippen molar-refractivity contribution in [3.05, 3.63) is 68.8 Å². The van der Waals surface area contributed by atoms with Gasteiger partial charge in [-0.15, -0.1) is 0 Å². The van der Waals surface area contributed by atoms with Crippen molar-refractivity contribution in [3.8, 4) is 0 Å². The maximum Gasteiger partial charge on any atom is 0.335 e. The third-order valence-corrected chi connectivity index (χ3v) is 6.98. The van der Waals surface area contributed by atoms with Gasteiger partial charge in [-0.05, 0) is 71.8 Å². The molecule has 0 aliphatic carbocycles. The minimum atomic E-state index is -3.24. The minimum absolute atomic E-state index is 0.0983. The fraction of sp³-hybridized carbons (Fsp3) is 0.333. The molecule has 162 valence electrons. The molecule has 0 unspecified atom stereocenters. The van der Waals surface area contributed by atoms with E-state index in [-0.39, 0.29) is 25.8 Å². The second-order valence-electron chi connectivity index (χ2n) is 6.50. The van der Waals surface area contributed by atoms with E-state index >= 15 is 0 Å². The number of amides is 1. The summed E-state index contributed by atoms with van der Waals surface area (Å²) in [6.07, 6.45) is 0.281. The van der Waals surface area contributed by atoms with Crippen molar-refractivity contribution in [3.63, 3.8) is 0 Å². The number of rotatable bonds is 11. The molecule has 9 heteroatoms. The normalized spacial score (nSPS) is 12.4. The predicted molar refractivity (Wildman–Crippen MR) is 123 cm³/mol. The first-order chi connectivity index (χ1) is 14.3. The van der Waals surface area contributed by atoms with E-state index in [9.17, 15) is 19.3 Å². The van der Waals surface area contributed by atoms with E-state index in [0.717, 1.165) is 9.13 Å². The number of hydrogen-bond acceptors (Lipinski definition) is 5. The first-order valence-electron chi connectivity index (χ1n) is 9.51. The second-order valence-corrected chi connectivity index (χ2v) is 9.80. The predicted octanol–water partition coefficient (Wildman–Crippen LogP) is 4.48. The van der Waals surface area contributed by atoms with Gasteiger partial charge in [0.2, 0.25) is 0 Å². The molecule has 30 heavy (non-hydrogen) atoms. The van der Waals surface area contributed by atoms with E-state index in [1.807, 2.05) is 24.3 Å². The maximum atomic E-state index is 12.6. The van der Waals surface area contributed by atoms with Crippen LogP contribution in [-0.4, -0.2) is 36.2 Å². The van der Waals surface area contributed by atoms with Crippen molar-refractivity contribution in [1.29, 1.82) is 0 Å². The minimum Gasteiger partial charge on any atom is -0.480 e. The first kappa shape index (κ1) is 24.5. The Morgan fingerprint density at radius 3 is 2.03 bits per heavy atom. The Bertz CT molecular complexity index is 891. The Labute approximate surface area is 189 Å². The van der Waals surface area contributed by atoms with Crippen molar-refractivity contribution in [2.45, 2.75) is 32.5 Å². The molecule has 0 spiro atoms. The van der Waals surface area contributed by atoms with Crippen molar-refractivity contribution >= 4 is 42.1 Å². The van der Waals surface area contributed by atoms with Gasteiger partial charge in [0.05, 0.1) is 19.4 Å². The summed E-state index contributed by atoms with van der Waals surface area (Å²) < 4.78 is 24.2. The molecule has 0 aromatic heterocycles. The second kappa shape index (κ2) is 11.6. The van der Waals surface area contributed by atoms with Gasteiger partial charge in [-0.1, -0.05) is 24.3 Å². The third-order valence-electron chi connectivity index (χ3n) is 4.20. The molecule has 0 aliphatic heterocycles. The summed E-state index contributed by atoms with van der Waals surface area (Å²) in [4.78, 5) is 24.1. The van der Waals surface area contributed by atoms with Crippen LogP contribution in [0.1, 0.15) is 35.3 Å². The van der Waals surface area contributed by atoms with Crippen molar-refractivity contribution in [1.82, 2.24) is 5.32 Å². The van der Waals surface area contributed by atoms with E-state index in [0.29, 0.717) is 11.1 Å². The van der Waals surface area contributed by atoms with Crippen molar-refractivity contribution in [2.24, 2.45) is 0 Å². The fourth-order valence-corrected chi connectivity index (χ4v) is 4.87. The zero-order valence-corrected chi connectivity index (χ0v) is 19.9. The van der Waals surface area contributed by atoms with Crippen molar-refractivity contribution < 1.29 is 28.3 Å². The summed E-state index contributed by atoms with van der Waals surface area (Å²) in [6.45, 7) is 4.03. The van der Waals surface area contributed by atoms with Gasteiger partial charge in [0.25, 0.3) is 5.91 Å². The number of aliphatic carboxylic acids is 1. The van der Waals surface area contributed by atoms with Crippen LogP contribution < -0.4 is 5.32 Å². The molecule has 2 aromatic rings. The largest absolute Gasteiger partial charge is 0.480 e. The number of carboxylic acid groups (broad SMARTS) is 1. The number of benzene rings is 2. The number of hydrogen-bond donors (Lipinski definition) is 2. The van der Waals surface area contributed by atoms with Gasteiger partial charge < -0.3 is 19.5 Å². The summed E-state index contributed by atoms with van der Waals surface area (Å²) in [7, 11) is -3.24. The molecule has 1 atom stereocenters. The van der Waals surface area contributed by atoms with Gasteiger partial charge in [0, 0.05) is 15.6 Å². The lowest BCUT2D eigenvalue weighted by Gasteiger charge is -2.17. The first-order valence-corrected chi connectivity index (χ1v) is 12.3. The molecule has 0 fully saturated rings. The van der Waals surface area contributed by atoms with Gasteiger partial charge in [-0.2, -0.15) is 0 Å². The zero-order chi connectivity index (χ0) is 22.1. The molecule has 1 amide bonds. The Morgan fingerprint density at radius 1 is 1.00 bits per heavy atom. The third kappa shape index (κ3) is 7.50. The molecule has 2 aromatic carbocycles. The number of carbonyl (C=O) groups is 2. The summed E-state index contributed by atoms with van der Waals surface area (Å²) in [6, 6.07) is 12.9. The molecule has 2 rings (SSSR count).